The minimum atomic E-state index is 0.570. The van der Waals surface area contributed by atoms with Crippen molar-refractivity contribution < 1.29 is 4.42 Å². The summed E-state index contributed by atoms with van der Waals surface area (Å²) in [5.41, 5.74) is 7.58. The second-order valence-corrected chi connectivity index (χ2v) is 14.4. The maximum atomic E-state index is 6.71. The average molecular weight is 715 g/mol. The van der Waals surface area contributed by atoms with Crippen molar-refractivity contribution >= 4 is 76.1 Å². The van der Waals surface area contributed by atoms with E-state index in [0.717, 1.165) is 76.9 Å². The van der Waals surface area contributed by atoms with Crippen LogP contribution in [0.5, 0.6) is 0 Å². The van der Waals surface area contributed by atoms with Gasteiger partial charge in [0.25, 0.3) is 0 Å². The van der Waals surface area contributed by atoms with Gasteiger partial charge in [-0.25, -0.2) is 15.0 Å². The molecule has 0 bridgehead atoms. The lowest BCUT2D eigenvalue weighted by molar-refractivity contribution is 0.669. The van der Waals surface area contributed by atoms with E-state index in [4.69, 9.17) is 19.4 Å². The van der Waals surface area contributed by atoms with E-state index in [9.17, 15) is 0 Å². The molecule has 5 nitrogen and oxygen atoms in total. The quantitative estimate of drug-likeness (QED) is 0.182. The molecule has 0 aliphatic rings. The standard InChI is InChI=1S/C51H30N4O/c1-2-16-34-28-44-42(27-33(34)15-1)38-21-7-9-25-43(38)55(44)45-29-35(30-47-48(45)41-22-8-10-26-46(41)56-47)49-52-50(39-23-11-17-31-13-3-5-19-36(31)39)54-51(53-49)40-24-12-18-32-14-4-6-20-37(32)40/h1-30H. The fourth-order valence-corrected chi connectivity index (χ4v) is 8.64. The van der Waals surface area contributed by atoms with Gasteiger partial charge in [-0.2, -0.15) is 0 Å². The van der Waals surface area contributed by atoms with E-state index >= 15 is 0 Å². The molecule has 0 saturated heterocycles. The molecule has 0 fully saturated rings. The highest BCUT2D eigenvalue weighted by molar-refractivity contribution is 6.17. The summed E-state index contributed by atoms with van der Waals surface area (Å²) < 4.78 is 9.10. The number of para-hydroxylation sites is 2. The lowest BCUT2D eigenvalue weighted by atomic mass is 10.0. The highest BCUT2D eigenvalue weighted by Gasteiger charge is 2.22. The first-order valence-corrected chi connectivity index (χ1v) is 18.9. The van der Waals surface area contributed by atoms with Gasteiger partial charge in [0.2, 0.25) is 0 Å². The van der Waals surface area contributed by atoms with Gasteiger partial charge in [-0.15, -0.1) is 0 Å². The predicted molar refractivity (Wildman–Crippen MR) is 230 cm³/mol. The maximum absolute atomic E-state index is 6.71. The van der Waals surface area contributed by atoms with Crippen LogP contribution in [0.4, 0.5) is 0 Å². The van der Waals surface area contributed by atoms with Gasteiger partial charge < -0.3 is 8.98 Å². The summed E-state index contributed by atoms with van der Waals surface area (Å²) in [4.78, 5) is 15.8. The predicted octanol–water partition coefficient (Wildman–Crippen LogP) is 13.3. The Hall–Kier alpha value is -7.63. The third-order valence-corrected chi connectivity index (χ3v) is 11.2. The van der Waals surface area contributed by atoms with E-state index in [1.54, 1.807) is 0 Å². The second-order valence-electron chi connectivity index (χ2n) is 14.4. The highest BCUT2D eigenvalue weighted by atomic mass is 16.3. The topological polar surface area (TPSA) is 56.7 Å². The number of benzene rings is 9. The van der Waals surface area contributed by atoms with Gasteiger partial charge in [-0.05, 0) is 68.7 Å². The molecule has 0 amide bonds. The summed E-state index contributed by atoms with van der Waals surface area (Å²) in [7, 11) is 0. The van der Waals surface area contributed by atoms with Crippen molar-refractivity contribution in [2.45, 2.75) is 0 Å². The maximum Gasteiger partial charge on any atom is 0.164 e. The van der Waals surface area contributed by atoms with Gasteiger partial charge >= 0.3 is 0 Å². The first-order chi connectivity index (χ1) is 27.7. The Morgan fingerprint density at radius 3 is 1.59 bits per heavy atom. The van der Waals surface area contributed by atoms with Gasteiger partial charge in [-0.1, -0.05) is 146 Å². The van der Waals surface area contributed by atoms with Crippen LogP contribution in [0.25, 0.3) is 116 Å². The second kappa shape index (κ2) is 11.9. The molecule has 0 saturated carbocycles. The minimum absolute atomic E-state index is 0.570. The van der Waals surface area contributed by atoms with Gasteiger partial charge in [0.15, 0.2) is 17.5 Å². The summed E-state index contributed by atoms with van der Waals surface area (Å²) in [5.74, 6) is 1.80. The van der Waals surface area contributed by atoms with E-state index in [1.807, 2.05) is 12.1 Å². The molecule has 3 aromatic heterocycles. The van der Waals surface area contributed by atoms with Crippen LogP contribution >= 0.6 is 0 Å². The van der Waals surface area contributed by atoms with Crippen molar-refractivity contribution in [3.8, 4) is 39.9 Å². The zero-order valence-corrected chi connectivity index (χ0v) is 30.0. The van der Waals surface area contributed by atoms with E-state index in [-0.39, 0.29) is 0 Å². The van der Waals surface area contributed by atoms with Gasteiger partial charge in [0.1, 0.15) is 11.2 Å². The van der Waals surface area contributed by atoms with Crippen LogP contribution in [0.3, 0.4) is 0 Å². The largest absolute Gasteiger partial charge is 0.456 e. The monoisotopic (exact) mass is 714 g/mol. The van der Waals surface area contributed by atoms with E-state index in [0.29, 0.717) is 17.5 Å². The van der Waals surface area contributed by atoms with Crippen LogP contribution in [-0.4, -0.2) is 19.5 Å². The third-order valence-electron chi connectivity index (χ3n) is 11.2. The summed E-state index contributed by atoms with van der Waals surface area (Å²) in [6, 6.07) is 63.9. The summed E-state index contributed by atoms with van der Waals surface area (Å²) in [5, 5.41) is 11.3. The molecule has 0 aliphatic carbocycles. The van der Waals surface area contributed by atoms with Gasteiger partial charge in [0.05, 0.1) is 22.1 Å². The molecule has 0 atom stereocenters. The number of furan rings is 1. The fraction of sp³-hybridized carbons (Fsp3) is 0. The zero-order chi connectivity index (χ0) is 36.7. The number of aromatic nitrogens is 4. The molecule has 5 heteroatoms. The van der Waals surface area contributed by atoms with E-state index in [1.165, 1.54) is 21.5 Å². The Morgan fingerprint density at radius 2 is 0.893 bits per heavy atom. The Kier molecular flexibility index (Phi) is 6.56. The Bertz CT molecular complexity index is 3450. The lowest BCUT2D eigenvalue weighted by Gasteiger charge is -2.14. The van der Waals surface area contributed by atoms with Crippen LogP contribution < -0.4 is 0 Å². The SMILES string of the molecule is c1ccc2cc3c(cc2c1)c1ccccc1n3-c1cc(-c2nc(-c3cccc4ccccc34)nc(-c3cccc4ccccc34)n2)cc2oc3ccccc3c12. The Morgan fingerprint density at radius 1 is 0.357 bits per heavy atom. The number of fused-ring (bicyclic) bond motifs is 9. The smallest absolute Gasteiger partial charge is 0.164 e. The average Bonchev–Trinajstić information content (AvgIpc) is 3.80. The van der Waals surface area contributed by atoms with Crippen LogP contribution in [0.15, 0.2) is 186 Å². The molecule has 0 N–H and O–H groups in total. The van der Waals surface area contributed by atoms with Crippen LogP contribution in [0, 0.1) is 0 Å². The molecule has 56 heavy (non-hydrogen) atoms. The van der Waals surface area contributed by atoms with Crippen LogP contribution in [0.2, 0.25) is 0 Å². The Balaban J connectivity index is 1.20. The molecule has 3 heterocycles. The molecular weight excluding hydrogens is 685 g/mol. The normalized spacial score (nSPS) is 11.9. The number of hydrogen-bond donors (Lipinski definition) is 0. The van der Waals surface area contributed by atoms with Crippen molar-refractivity contribution in [3.05, 3.63) is 182 Å². The number of hydrogen-bond acceptors (Lipinski definition) is 4. The van der Waals surface area contributed by atoms with Crippen LogP contribution in [-0.2, 0) is 0 Å². The van der Waals surface area contributed by atoms with Crippen molar-refractivity contribution in [2.24, 2.45) is 0 Å². The first-order valence-electron chi connectivity index (χ1n) is 18.9. The molecule has 260 valence electrons. The fourth-order valence-electron chi connectivity index (χ4n) is 8.64. The molecule has 0 aliphatic heterocycles. The first kappa shape index (κ1) is 30.8. The molecular formula is C51H30N4O. The highest BCUT2D eigenvalue weighted by Crippen LogP contribution is 2.42. The third kappa shape index (κ3) is 4.64. The lowest BCUT2D eigenvalue weighted by Crippen LogP contribution is -2.02. The van der Waals surface area contributed by atoms with Crippen molar-refractivity contribution in [3.63, 3.8) is 0 Å². The van der Waals surface area contributed by atoms with E-state index in [2.05, 4.69) is 174 Å². The summed E-state index contributed by atoms with van der Waals surface area (Å²) >= 11 is 0. The molecule has 0 spiro atoms. The van der Waals surface area contributed by atoms with Gasteiger partial charge in [0, 0.05) is 32.8 Å². The number of nitrogens with zero attached hydrogens (tertiary/aromatic N) is 4. The van der Waals surface area contributed by atoms with Crippen molar-refractivity contribution in [2.75, 3.05) is 0 Å². The number of rotatable bonds is 4. The Labute approximate surface area is 320 Å². The van der Waals surface area contributed by atoms with Crippen molar-refractivity contribution in [1.29, 1.82) is 0 Å². The van der Waals surface area contributed by atoms with E-state index < -0.39 is 0 Å². The zero-order valence-electron chi connectivity index (χ0n) is 30.0. The molecule has 0 unspecified atom stereocenters. The molecule has 0 radical (unpaired) electrons. The molecule has 12 rings (SSSR count). The van der Waals surface area contributed by atoms with Crippen LogP contribution in [0.1, 0.15) is 0 Å². The summed E-state index contributed by atoms with van der Waals surface area (Å²) in [6.07, 6.45) is 0. The minimum Gasteiger partial charge on any atom is -0.456 e. The molecule has 12 aromatic rings. The summed E-state index contributed by atoms with van der Waals surface area (Å²) in [6.45, 7) is 0. The molecule has 9 aromatic carbocycles. The van der Waals surface area contributed by atoms with Crippen molar-refractivity contribution in [1.82, 2.24) is 19.5 Å². The van der Waals surface area contributed by atoms with Gasteiger partial charge in [-0.3, -0.25) is 0 Å².